The smallest absolute Gasteiger partial charge is 0.303 e. The fourth-order valence-electron chi connectivity index (χ4n) is 3.85. The zero-order valence-corrected chi connectivity index (χ0v) is 17.0. The molecular weight excluding hydrogens is 392 g/mol. The van der Waals surface area contributed by atoms with Crippen molar-refractivity contribution >= 4 is 23.6 Å². The lowest BCUT2D eigenvalue weighted by Gasteiger charge is -2.23. The predicted molar refractivity (Wildman–Crippen MR) is 110 cm³/mol. The van der Waals surface area contributed by atoms with Gasteiger partial charge in [-0.3, -0.25) is 4.79 Å². The van der Waals surface area contributed by atoms with E-state index in [0.29, 0.717) is 5.02 Å². The van der Waals surface area contributed by atoms with Crippen molar-refractivity contribution in [3.05, 3.63) is 65.2 Å². The Morgan fingerprint density at radius 1 is 1.07 bits per heavy atom. The summed E-state index contributed by atoms with van der Waals surface area (Å²) >= 11 is 5.95. The first-order valence-corrected chi connectivity index (χ1v) is 9.96. The summed E-state index contributed by atoms with van der Waals surface area (Å²) in [7, 11) is 0. The number of benzene rings is 2. The third kappa shape index (κ3) is 4.54. The van der Waals surface area contributed by atoms with E-state index in [-0.39, 0.29) is 24.5 Å². The van der Waals surface area contributed by atoms with Crippen molar-refractivity contribution in [2.24, 2.45) is 5.92 Å². The zero-order chi connectivity index (χ0) is 20.6. The van der Waals surface area contributed by atoms with Crippen LogP contribution in [0.15, 0.2) is 54.6 Å². The predicted octanol–water partition coefficient (Wildman–Crippen LogP) is 4.99. The maximum atomic E-state index is 11.3. The summed E-state index contributed by atoms with van der Waals surface area (Å²) in [5.41, 5.74) is 3.19. The number of carboxylic acid groups (broad SMARTS) is 1. The molecule has 2 aliphatic heterocycles. The highest BCUT2D eigenvalue weighted by Gasteiger charge is 2.54. The number of carbonyl (C=O) groups is 1. The quantitative estimate of drug-likeness (QED) is 0.746. The van der Waals surface area contributed by atoms with Crippen LogP contribution in [0.1, 0.15) is 25.8 Å². The third-order valence-electron chi connectivity index (χ3n) is 5.20. The van der Waals surface area contributed by atoms with Crippen LogP contribution in [0.3, 0.4) is 0 Å². The van der Waals surface area contributed by atoms with E-state index in [1.54, 1.807) is 13.8 Å². The molecule has 0 aromatic heterocycles. The summed E-state index contributed by atoms with van der Waals surface area (Å²) in [6, 6.07) is 15.8. The number of carboxylic acids is 1. The topological polar surface area (TPSA) is 65.0 Å². The Labute approximate surface area is 174 Å². The summed E-state index contributed by atoms with van der Waals surface area (Å²) in [6.45, 7) is 3.61. The van der Waals surface area contributed by atoms with Gasteiger partial charge in [0, 0.05) is 10.9 Å². The van der Waals surface area contributed by atoms with E-state index < -0.39 is 18.0 Å². The maximum Gasteiger partial charge on any atom is 0.303 e. The van der Waals surface area contributed by atoms with Crippen LogP contribution < -0.4 is 0 Å². The summed E-state index contributed by atoms with van der Waals surface area (Å²) in [5.74, 6) is -1.94. The molecule has 0 unspecified atom stereocenters. The monoisotopic (exact) mass is 414 g/mol. The second-order valence-electron chi connectivity index (χ2n) is 7.82. The molecule has 0 amide bonds. The van der Waals surface area contributed by atoms with Gasteiger partial charge in [0.05, 0.1) is 12.5 Å². The number of hydrogen-bond donors (Lipinski definition) is 1. The number of aliphatic carboxylic acids is 1. The van der Waals surface area contributed by atoms with E-state index in [0.717, 1.165) is 16.7 Å². The van der Waals surface area contributed by atoms with Gasteiger partial charge in [0.15, 0.2) is 12.1 Å². The van der Waals surface area contributed by atoms with Gasteiger partial charge in [0.1, 0.15) is 6.10 Å². The maximum absolute atomic E-state index is 11.3. The van der Waals surface area contributed by atoms with Crippen LogP contribution in [0.25, 0.3) is 17.2 Å². The van der Waals surface area contributed by atoms with E-state index >= 15 is 0 Å². The second kappa shape index (κ2) is 7.92. The van der Waals surface area contributed by atoms with Gasteiger partial charge in [0.2, 0.25) is 0 Å². The van der Waals surface area contributed by atoms with Crippen molar-refractivity contribution in [2.75, 3.05) is 0 Å². The highest BCUT2D eigenvalue weighted by molar-refractivity contribution is 6.30. The van der Waals surface area contributed by atoms with Crippen molar-refractivity contribution in [1.29, 1.82) is 0 Å². The molecule has 0 spiro atoms. The lowest BCUT2D eigenvalue weighted by atomic mass is 9.94. The van der Waals surface area contributed by atoms with Crippen LogP contribution >= 0.6 is 11.6 Å². The largest absolute Gasteiger partial charge is 0.481 e. The van der Waals surface area contributed by atoms with Gasteiger partial charge in [0.25, 0.3) is 0 Å². The molecule has 29 heavy (non-hydrogen) atoms. The van der Waals surface area contributed by atoms with Gasteiger partial charge >= 0.3 is 5.97 Å². The molecule has 2 aromatic rings. The van der Waals surface area contributed by atoms with Crippen molar-refractivity contribution in [3.8, 4) is 11.1 Å². The average Bonchev–Trinajstić information content (AvgIpc) is 3.13. The minimum atomic E-state index is -0.877. The summed E-state index contributed by atoms with van der Waals surface area (Å²) in [4.78, 5) is 11.3. The number of hydrogen-bond acceptors (Lipinski definition) is 4. The fourth-order valence-corrected chi connectivity index (χ4v) is 3.98. The third-order valence-corrected chi connectivity index (χ3v) is 5.45. The molecule has 2 saturated heterocycles. The highest BCUT2D eigenvalue weighted by Crippen LogP contribution is 2.42. The molecule has 6 heteroatoms. The molecular formula is C23H23ClO5. The first-order chi connectivity index (χ1) is 13.8. The number of rotatable bonds is 5. The van der Waals surface area contributed by atoms with Crippen molar-refractivity contribution in [2.45, 2.75) is 44.6 Å². The fraction of sp³-hybridized carbons (Fsp3) is 0.348. The molecule has 2 heterocycles. The van der Waals surface area contributed by atoms with Gasteiger partial charge < -0.3 is 19.3 Å². The summed E-state index contributed by atoms with van der Waals surface area (Å²) in [6.07, 6.45) is 2.48. The number of ether oxygens (including phenoxy) is 3. The standard InChI is InChI=1S/C23H23ClO5/c1-23(2)28-21-18(13-20(25)26)19(27-22(21)29-23)12-5-14-3-6-15(7-4-14)16-8-10-17(24)11-9-16/h3-12,18-19,21-22H,13H2,1-2H3,(H,25,26)/t18-,19+,21-,22-/m1/s1. The van der Waals surface area contributed by atoms with Gasteiger partial charge in [-0.15, -0.1) is 0 Å². The van der Waals surface area contributed by atoms with E-state index in [1.807, 2.05) is 60.7 Å². The molecule has 152 valence electrons. The SMILES string of the molecule is CC1(C)O[C@H]2O[C@@H](C=Cc3ccc(-c4ccc(Cl)cc4)cc3)[C@@H](CC(=O)O)[C@H]2O1. The minimum Gasteiger partial charge on any atom is -0.481 e. The van der Waals surface area contributed by atoms with E-state index in [2.05, 4.69) is 0 Å². The van der Waals surface area contributed by atoms with Crippen molar-refractivity contribution < 1.29 is 24.1 Å². The van der Waals surface area contributed by atoms with Crippen LogP contribution in [-0.4, -0.2) is 35.4 Å². The first kappa shape index (κ1) is 20.1. The molecule has 1 N–H and O–H groups in total. The Morgan fingerprint density at radius 2 is 1.69 bits per heavy atom. The molecule has 0 bridgehead atoms. The number of halogens is 1. The van der Waals surface area contributed by atoms with Gasteiger partial charge in [-0.2, -0.15) is 0 Å². The second-order valence-corrected chi connectivity index (χ2v) is 8.26. The molecule has 0 saturated carbocycles. The Hall–Kier alpha value is -2.18. The van der Waals surface area contributed by atoms with E-state index in [1.165, 1.54) is 0 Å². The first-order valence-electron chi connectivity index (χ1n) is 9.58. The molecule has 0 radical (unpaired) electrons. The van der Waals surface area contributed by atoms with Crippen molar-refractivity contribution in [1.82, 2.24) is 0 Å². The molecule has 4 atom stereocenters. The molecule has 2 aromatic carbocycles. The lowest BCUT2D eigenvalue weighted by Crippen LogP contribution is -2.31. The summed E-state index contributed by atoms with van der Waals surface area (Å²) < 4.78 is 17.6. The Balaban J connectivity index is 1.47. The Bertz CT molecular complexity index is 904. The van der Waals surface area contributed by atoms with E-state index in [4.69, 9.17) is 25.8 Å². The molecule has 0 aliphatic carbocycles. The van der Waals surface area contributed by atoms with Crippen LogP contribution in [-0.2, 0) is 19.0 Å². The Kier molecular flexibility index (Phi) is 5.49. The zero-order valence-electron chi connectivity index (χ0n) is 16.2. The normalized spacial score (nSPS) is 28.0. The molecule has 2 aliphatic rings. The van der Waals surface area contributed by atoms with Gasteiger partial charge in [-0.1, -0.05) is 60.2 Å². The van der Waals surface area contributed by atoms with Crippen molar-refractivity contribution in [3.63, 3.8) is 0 Å². The lowest BCUT2D eigenvalue weighted by molar-refractivity contribution is -0.205. The molecule has 5 nitrogen and oxygen atoms in total. The van der Waals surface area contributed by atoms with Crippen LogP contribution in [0.2, 0.25) is 5.02 Å². The number of fused-ring (bicyclic) bond motifs is 1. The van der Waals surface area contributed by atoms with Crippen LogP contribution in [0, 0.1) is 5.92 Å². The van der Waals surface area contributed by atoms with Crippen LogP contribution in [0.5, 0.6) is 0 Å². The minimum absolute atomic E-state index is 0.0366. The van der Waals surface area contributed by atoms with E-state index in [9.17, 15) is 9.90 Å². The van der Waals surface area contributed by atoms with Gasteiger partial charge in [-0.25, -0.2) is 0 Å². The highest BCUT2D eigenvalue weighted by atomic mass is 35.5. The molecule has 4 rings (SSSR count). The Morgan fingerprint density at radius 3 is 2.31 bits per heavy atom. The van der Waals surface area contributed by atoms with Crippen LogP contribution in [0.4, 0.5) is 0 Å². The average molecular weight is 415 g/mol. The summed E-state index contributed by atoms with van der Waals surface area (Å²) in [5, 5.41) is 10.0. The molecule has 2 fully saturated rings. The van der Waals surface area contributed by atoms with Gasteiger partial charge in [-0.05, 0) is 42.7 Å².